The zero-order valence-electron chi connectivity index (χ0n) is 26.7. The average molecular weight is 601 g/mol. The Hall–Kier alpha value is -1.94. The van der Waals surface area contributed by atoms with Crippen LogP contribution in [0.25, 0.3) is 0 Å². The van der Waals surface area contributed by atoms with Gasteiger partial charge in [-0.1, -0.05) is 52.0 Å². The van der Waals surface area contributed by atoms with Gasteiger partial charge in [0.15, 0.2) is 5.96 Å². The number of allylic oxidation sites excluding steroid dienone is 1. The van der Waals surface area contributed by atoms with Crippen molar-refractivity contribution in [3.63, 3.8) is 0 Å². The average Bonchev–Trinajstić information content (AvgIpc) is 3.34. The molecule has 5 rings (SSSR count). The van der Waals surface area contributed by atoms with E-state index in [2.05, 4.69) is 30.2 Å². The Morgan fingerprint density at radius 2 is 2.02 bits per heavy atom. The number of carbonyl (C=O) groups is 1. The van der Waals surface area contributed by atoms with Crippen LogP contribution in [0.5, 0.6) is 0 Å². The molecule has 6 N–H and O–H groups in total. The van der Waals surface area contributed by atoms with E-state index in [0.717, 1.165) is 44.1 Å². The lowest BCUT2D eigenvalue weighted by atomic mass is 9.46. The maximum Gasteiger partial charge on any atom is 0.334 e. The Kier molecular flexibility index (Phi) is 9.96. The van der Waals surface area contributed by atoms with Gasteiger partial charge in [0.1, 0.15) is 5.60 Å². The van der Waals surface area contributed by atoms with Gasteiger partial charge in [0, 0.05) is 43.7 Å². The SMILES string of the molecule is CCCCC[C@H]1CCCC[C@@H]1OC[C@]1(O)C[C@@]23C(=C1C(=O)O)C[C@@H](CC[C@H]2C)[C@@]31CN(C(N)=NC)C=C[C@@H]1CNCCO. The van der Waals surface area contributed by atoms with E-state index in [1.165, 1.54) is 25.7 Å². The molecule has 0 saturated heterocycles. The minimum Gasteiger partial charge on any atom is -0.478 e. The van der Waals surface area contributed by atoms with Crippen LogP contribution in [0.1, 0.15) is 90.9 Å². The summed E-state index contributed by atoms with van der Waals surface area (Å²) in [5, 5.41) is 36.2. The lowest BCUT2D eigenvalue weighted by Crippen LogP contribution is -2.62. The van der Waals surface area contributed by atoms with E-state index in [-0.39, 0.29) is 48.1 Å². The molecule has 0 aromatic carbocycles. The third-order valence-electron chi connectivity index (χ3n) is 12.2. The number of nitrogens with one attached hydrogen (secondary N) is 1. The molecule has 2 bridgehead atoms. The number of unbranched alkanes of at least 4 members (excludes halogenated alkanes) is 2. The monoisotopic (exact) mass is 600 g/mol. The molecule has 0 radical (unpaired) electrons. The number of aliphatic carboxylic acids is 1. The molecule has 9 nitrogen and oxygen atoms in total. The highest BCUT2D eigenvalue weighted by atomic mass is 16.5. The summed E-state index contributed by atoms with van der Waals surface area (Å²) in [6.07, 6.45) is 16.6. The summed E-state index contributed by atoms with van der Waals surface area (Å²) in [5.74, 6) is 0.447. The first-order chi connectivity index (χ1) is 20.7. The number of guanidine groups is 1. The molecule has 0 unspecified atom stereocenters. The van der Waals surface area contributed by atoms with Gasteiger partial charge in [-0.25, -0.2) is 4.79 Å². The summed E-state index contributed by atoms with van der Waals surface area (Å²) in [6.45, 7) is 6.38. The van der Waals surface area contributed by atoms with Crippen LogP contribution in [0.2, 0.25) is 0 Å². The van der Waals surface area contributed by atoms with Crippen LogP contribution >= 0.6 is 0 Å². The fraction of sp³-hybridized carbons (Fsp3) is 0.824. The fourth-order valence-electron chi connectivity index (χ4n) is 10.4. The van der Waals surface area contributed by atoms with Gasteiger partial charge in [-0.2, -0.15) is 0 Å². The first-order valence-electron chi connectivity index (χ1n) is 17.0. The van der Waals surface area contributed by atoms with Gasteiger partial charge >= 0.3 is 5.97 Å². The van der Waals surface area contributed by atoms with E-state index in [1.807, 2.05) is 11.1 Å². The number of aliphatic hydroxyl groups excluding tert-OH is 1. The summed E-state index contributed by atoms with van der Waals surface area (Å²) in [6, 6.07) is 0. The van der Waals surface area contributed by atoms with Crippen molar-refractivity contribution in [1.82, 2.24) is 10.2 Å². The Bertz CT molecular complexity index is 1110. The van der Waals surface area contributed by atoms with Gasteiger partial charge in [-0.15, -0.1) is 0 Å². The standard InChI is InChI=1S/C34H56N4O5/c1-4-5-6-9-24-10-7-8-11-28(24)43-22-32(42)20-33-23(2)12-13-25(18-27(33)29(32)30(40)41)34(33)21-38(31(35)36-3)16-14-26(34)19-37-15-17-39/h14,16,23-26,28,37,39,42H,4-13,15,17-22H2,1-3H3,(H2,35,36)(H,40,41)/t23-,24+,25-,26-,28+,32-,33+,34-/m1/s1. The van der Waals surface area contributed by atoms with Crippen LogP contribution in [0, 0.1) is 34.5 Å². The molecule has 3 saturated carbocycles. The molecule has 43 heavy (non-hydrogen) atoms. The van der Waals surface area contributed by atoms with E-state index < -0.39 is 17.0 Å². The molecular weight excluding hydrogens is 544 g/mol. The Balaban J connectivity index is 1.52. The predicted molar refractivity (Wildman–Crippen MR) is 168 cm³/mol. The molecular formula is C34H56N4O5. The summed E-state index contributed by atoms with van der Waals surface area (Å²) in [4.78, 5) is 19.5. The van der Waals surface area contributed by atoms with Gasteiger partial charge < -0.3 is 36.0 Å². The third-order valence-corrected chi connectivity index (χ3v) is 12.2. The fourth-order valence-corrected chi connectivity index (χ4v) is 10.4. The molecule has 0 amide bonds. The molecule has 8 atom stereocenters. The van der Waals surface area contributed by atoms with E-state index >= 15 is 0 Å². The largest absolute Gasteiger partial charge is 0.478 e. The maximum absolute atomic E-state index is 13.1. The van der Waals surface area contributed by atoms with Crippen molar-refractivity contribution >= 4 is 11.9 Å². The lowest BCUT2D eigenvalue weighted by molar-refractivity contribution is -0.145. The summed E-state index contributed by atoms with van der Waals surface area (Å²) in [7, 11) is 1.70. The summed E-state index contributed by atoms with van der Waals surface area (Å²) in [5.41, 5.74) is 5.15. The molecule has 9 heteroatoms. The second-order valence-corrected chi connectivity index (χ2v) is 14.2. The van der Waals surface area contributed by atoms with Crippen LogP contribution in [-0.4, -0.2) is 83.7 Å². The van der Waals surface area contributed by atoms with Crippen LogP contribution < -0.4 is 11.1 Å². The Morgan fingerprint density at radius 3 is 2.74 bits per heavy atom. The van der Waals surface area contributed by atoms with Crippen LogP contribution in [-0.2, 0) is 9.53 Å². The van der Waals surface area contributed by atoms with E-state index in [4.69, 9.17) is 10.5 Å². The minimum atomic E-state index is -1.55. The van der Waals surface area contributed by atoms with Crippen LogP contribution in [0.15, 0.2) is 28.4 Å². The zero-order chi connectivity index (χ0) is 30.8. The van der Waals surface area contributed by atoms with Crippen molar-refractivity contribution < 1.29 is 24.9 Å². The zero-order valence-corrected chi connectivity index (χ0v) is 26.7. The minimum absolute atomic E-state index is 0.0355. The highest BCUT2D eigenvalue weighted by molar-refractivity contribution is 5.92. The predicted octanol–water partition coefficient (Wildman–Crippen LogP) is 4.05. The molecule has 2 spiro atoms. The number of aliphatic imine (C=N–C) groups is 1. The number of aliphatic hydroxyl groups is 2. The maximum atomic E-state index is 13.1. The van der Waals surface area contributed by atoms with Crippen molar-refractivity contribution in [2.75, 3.05) is 39.9 Å². The first kappa shape index (κ1) is 32.5. The molecule has 3 fully saturated rings. The number of nitrogens with zero attached hydrogens (tertiary/aromatic N) is 2. The van der Waals surface area contributed by atoms with Crippen molar-refractivity contribution in [2.45, 2.75) is 103 Å². The van der Waals surface area contributed by atoms with Gasteiger partial charge in [0.2, 0.25) is 0 Å². The molecule has 4 aliphatic carbocycles. The van der Waals surface area contributed by atoms with Gasteiger partial charge in [-0.3, -0.25) is 4.99 Å². The molecule has 1 aliphatic heterocycles. The Labute approximate surface area is 258 Å². The van der Waals surface area contributed by atoms with E-state index in [0.29, 0.717) is 44.4 Å². The Morgan fingerprint density at radius 1 is 1.23 bits per heavy atom. The van der Waals surface area contributed by atoms with Crippen LogP contribution in [0.4, 0.5) is 0 Å². The lowest BCUT2D eigenvalue weighted by Gasteiger charge is -2.61. The quantitative estimate of drug-likeness (QED) is 0.128. The number of hydrogen-bond acceptors (Lipinski definition) is 6. The first-order valence-corrected chi connectivity index (χ1v) is 17.0. The van der Waals surface area contributed by atoms with E-state index in [9.17, 15) is 20.1 Å². The van der Waals surface area contributed by atoms with Crippen molar-refractivity contribution in [3.8, 4) is 0 Å². The second kappa shape index (κ2) is 13.2. The van der Waals surface area contributed by atoms with Crippen molar-refractivity contribution in [3.05, 3.63) is 23.4 Å². The smallest absolute Gasteiger partial charge is 0.334 e. The van der Waals surface area contributed by atoms with Crippen LogP contribution in [0.3, 0.4) is 0 Å². The molecule has 0 aromatic rings. The highest BCUT2D eigenvalue weighted by Crippen LogP contribution is 2.77. The number of hydrogen-bond donors (Lipinski definition) is 5. The molecule has 0 aromatic heterocycles. The number of rotatable bonds is 12. The van der Waals surface area contributed by atoms with E-state index in [1.54, 1.807) is 7.05 Å². The van der Waals surface area contributed by atoms with Gasteiger partial charge in [0.25, 0.3) is 0 Å². The summed E-state index contributed by atoms with van der Waals surface area (Å²) >= 11 is 0. The van der Waals surface area contributed by atoms with Gasteiger partial charge in [0.05, 0.1) is 24.9 Å². The number of nitrogens with two attached hydrogens (primary N) is 1. The molecule has 1 heterocycles. The highest BCUT2D eigenvalue weighted by Gasteiger charge is 2.75. The second-order valence-electron chi connectivity index (χ2n) is 14.2. The molecule has 5 aliphatic rings. The van der Waals surface area contributed by atoms with Gasteiger partial charge in [-0.05, 0) is 74.2 Å². The number of carboxylic acids is 1. The molecule has 242 valence electrons. The van der Waals surface area contributed by atoms with Crippen molar-refractivity contribution in [1.29, 1.82) is 0 Å². The topological polar surface area (TPSA) is 141 Å². The third kappa shape index (κ3) is 5.46. The summed E-state index contributed by atoms with van der Waals surface area (Å²) < 4.78 is 6.64. The normalized spacial score (nSPS) is 39.1. The number of carboxylic acid groups (broad SMARTS) is 1. The number of ether oxygens (including phenoxy) is 1. The van der Waals surface area contributed by atoms with Crippen molar-refractivity contribution in [2.24, 2.45) is 45.2 Å².